The highest BCUT2D eigenvalue weighted by Gasteiger charge is 2.17. The van der Waals surface area contributed by atoms with Gasteiger partial charge in [-0.25, -0.2) is 9.59 Å². The first-order valence-electron chi connectivity index (χ1n) is 5.08. The van der Waals surface area contributed by atoms with Crippen molar-refractivity contribution in [2.75, 3.05) is 12.0 Å². The number of carbonyl (C=O) groups is 1. The minimum Gasteiger partial charge on any atom is -0.332 e. The number of carbonyl (C=O) groups excluding carboxylic acids is 1. The summed E-state index contributed by atoms with van der Waals surface area (Å²) >= 11 is 4.71. The smallest absolute Gasteiger partial charge is 0.332 e. The molecule has 0 aliphatic carbocycles. The van der Waals surface area contributed by atoms with Gasteiger partial charge < -0.3 is 4.84 Å². The first kappa shape index (κ1) is 15.0. The van der Waals surface area contributed by atoms with E-state index in [1.54, 1.807) is 11.8 Å². The normalized spacial score (nSPS) is 10.4. The van der Waals surface area contributed by atoms with E-state index in [4.69, 9.17) is 4.84 Å². The molecule has 100 valence electrons. The third-order valence-electron chi connectivity index (χ3n) is 2.21. The van der Waals surface area contributed by atoms with Crippen molar-refractivity contribution >= 4 is 33.7 Å². The molecule has 1 aromatic rings. The van der Waals surface area contributed by atoms with Crippen LogP contribution >= 0.6 is 27.7 Å². The fourth-order valence-electron chi connectivity index (χ4n) is 1.33. The zero-order chi connectivity index (χ0) is 13.9. The Balaban J connectivity index is 3.48. The van der Waals surface area contributed by atoms with E-state index < -0.39 is 17.2 Å². The molecule has 0 fully saturated rings. The van der Waals surface area contributed by atoms with Crippen molar-refractivity contribution in [2.45, 2.75) is 13.3 Å². The van der Waals surface area contributed by atoms with Gasteiger partial charge in [-0.05, 0) is 27.9 Å². The van der Waals surface area contributed by atoms with Gasteiger partial charge in [0.1, 0.15) is 4.47 Å². The minimum atomic E-state index is -0.672. The highest BCUT2D eigenvalue weighted by molar-refractivity contribution is 9.10. The first-order chi connectivity index (χ1) is 8.40. The van der Waals surface area contributed by atoms with Crippen LogP contribution in [0.5, 0.6) is 0 Å². The number of nitrogens with zero attached hydrogens (tertiary/aromatic N) is 2. The van der Waals surface area contributed by atoms with Crippen LogP contribution in [-0.2, 0) is 18.3 Å². The van der Waals surface area contributed by atoms with Crippen molar-refractivity contribution in [3.8, 4) is 0 Å². The van der Waals surface area contributed by atoms with Gasteiger partial charge in [0.25, 0.3) is 5.56 Å². The second kappa shape index (κ2) is 6.24. The van der Waals surface area contributed by atoms with E-state index in [2.05, 4.69) is 15.9 Å². The fourth-order valence-corrected chi connectivity index (χ4v) is 2.35. The molecule has 0 radical (unpaired) electrons. The average Bonchev–Trinajstić information content (AvgIpc) is 2.32. The number of aromatic nitrogens is 2. The standard InChI is InChI=1S/C10H13BrN2O4S/c1-6(14)17-13-7(4-5-18-3)8(11)9(15)12(2)10(13)16/h4-5H2,1-3H3. The number of thioether (sulfide) groups is 1. The van der Waals surface area contributed by atoms with Crippen LogP contribution in [0.4, 0.5) is 0 Å². The lowest BCUT2D eigenvalue weighted by atomic mass is 10.3. The molecule has 0 amide bonds. The van der Waals surface area contributed by atoms with Gasteiger partial charge in [-0.2, -0.15) is 11.8 Å². The van der Waals surface area contributed by atoms with Crippen LogP contribution in [0.2, 0.25) is 0 Å². The molecule has 0 unspecified atom stereocenters. The van der Waals surface area contributed by atoms with Crippen LogP contribution in [0, 0.1) is 0 Å². The Kier molecular flexibility index (Phi) is 5.21. The Bertz CT molecular complexity index is 578. The van der Waals surface area contributed by atoms with E-state index in [1.165, 1.54) is 14.0 Å². The lowest BCUT2D eigenvalue weighted by Gasteiger charge is -2.13. The molecule has 0 aliphatic heterocycles. The average molecular weight is 337 g/mol. The van der Waals surface area contributed by atoms with Crippen LogP contribution in [0.25, 0.3) is 0 Å². The van der Waals surface area contributed by atoms with Gasteiger partial charge in [-0.1, -0.05) is 0 Å². The maximum Gasteiger partial charge on any atom is 0.364 e. The molecule has 0 aliphatic rings. The monoisotopic (exact) mass is 336 g/mol. The Morgan fingerprint density at radius 1 is 1.44 bits per heavy atom. The SMILES string of the molecule is CSCCc1c(Br)c(=O)n(C)c(=O)n1OC(C)=O. The first-order valence-corrected chi connectivity index (χ1v) is 7.27. The minimum absolute atomic E-state index is 0.236. The van der Waals surface area contributed by atoms with Crippen LogP contribution < -0.4 is 16.1 Å². The number of rotatable bonds is 4. The fraction of sp³-hybridized carbons (Fsp3) is 0.500. The quantitative estimate of drug-likeness (QED) is 0.785. The zero-order valence-corrected chi connectivity index (χ0v) is 12.6. The predicted molar refractivity (Wildman–Crippen MR) is 73.0 cm³/mol. The summed E-state index contributed by atoms with van der Waals surface area (Å²) < 4.78 is 1.99. The van der Waals surface area contributed by atoms with Crippen molar-refractivity contribution in [3.05, 3.63) is 31.0 Å². The third-order valence-corrected chi connectivity index (χ3v) is 3.62. The van der Waals surface area contributed by atoms with Gasteiger partial charge in [0.05, 0.1) is 5.69 Å². The summed E-state index contributed by atoms with van der Waals surface area (Å²) in [6.07, 6.45) is 2.35. The van der Waals surface area contributed by atoms with Gasteiger partial charge in [0, 0.05) is 20.4 Å². The molecule has 0 N–H and O–H groups in total. The van der Waals surface area contributed by atoms with Gasteiger partial charge in [0.2, 0.25) is 0 Å². The van der Waals surface area contributed by atoms with Gasteiger partial charge in [-0.3, -0.25) is 9.36 Å². The lowest BCUT2D eigenvalue weighted by Crippen LogP contribution is -2.44. The molecular weight excluding hydrogens is 324 g/mol. The molecule has 0 saturated heterocycles. The summed E-state index contributed by atoms with van der Waals surface area (Å²) in [5, 5.41) is 0. The largest absolute Gasteiger partial charge is 0.364 e. The summed E-state index contributed by atoms with van der Waals surface area (Å²) in [5.41, 5.74) is -0.748. The Labute approximate surface area is 116 Å². The molecule has 0 saturated carbocycles. The van der Waals surface area contributed by atoms with Crippen molar-refractivity contribution in [3.63, 3.8) is 0 Å². The molecular formula is C10H13BrN2O4S. The number of hydrogen-bond donors (Lipinski definition) is 0. The Hall–Kier alpha value is -1.02. The highest BCUT2D eigenvalue weighted by Crippen LogP contribution is 2.12. The van der Waals surface area contributed by atoms with E-state index >= 15 is 0 Å². The van der Waals surface area contributed by atoms with Crippen molar-refractivity contribution in [1.82, 2.24) is 9.30 Å². The molecule has 0 spiro atoms. The molecule has 0 atom stereocenters. The van der Waals surface area contributed by atoms with E-state index in [-0.39, 0.29) is 4.47 Å². The lowest BCUT2D eigenvalue weighted by molar-refractivity contribution is -0.142. The zero-order valence-electron chi connectivity index (χ0n) is 10.2. The maximum absolute atomic E-state index is 11.9. The summed E-state index contributed by atoms with van der Waals surface area (Å²) in [7, 11) is 1.33. The Morgan fingerprint density at radius 2 is 2.06 bits per heavy atom. The summed E-state index contributed by atoms with van der Waals surface area (Å²) in [6, 6.07) is 0. The molecule has 6 nitrogen and oxygen atoms in total. The second-order valence-electron chi connectivity index (χ2n) is 3.53. The number of halogens is 1. The van der Waals surface area contributed by atoms with Gasteiger partial charge >= 0.3 is 11.7 Å². The summed E-state index contributed by atoms with van der Waals surface area (Å²) in [6.45, 7) is 1.20. The van der Waals surface area contributed by atoms with Crippen molar-refractivity contribution in [1.29, 1.82) is 0 Å². The Morgan fingerprint density at radius 3 is 2.56 bits per heavy atom. The highest BCUT2D eigenvalue weighted by atomic mass is 79.9. The molecule has 0 aromatic carbocycles. The third kappa shape index (κ3) is 3.05. The van der Waals surface area contributed by atoms with Gasteiger partial charge in [-0.15, -0.1) is 4.73 Å². The van der Waals surface area contributed by atoms with E-state index in [0.29, 0.717) is 17.9 Å². The predicted octanol–water partition coefficient (Wildman–Crippen LogP) is 0.190. The molecule has 0 bridgehead atoms. The molecule has 1 rings (SSSR count). The van der Waals surface area contributed by atoms with Crippen LogP contribution in [0.3, 0.4) is 0 Å². The second-order valence-corrected chi connectivity index (χ2v) is 5.31. The molecule has 1 aromatic heterocycles. The van der Waals surface area contributed by atoms with Crippen LogP contribution in [0.1, 0.15) is 12.6 Å². The topological polar surface area (TPSA) is 70.3 Å². The molecule has 1 heterocycles. The van der Waals surface area contributed by atoms with Gasteiger partial charge in [0.15, 0.2) is 0 Å². The van der Waals surface area contributed by atoms with E-state index in [9.17, 15) is 14.4 Å². The molecule has 18 heavy (non-hydrogen) atoms. The van der Waals surface area contributed by atoms with Crippen LogP contribution in [-0.4, -0.2) is 27.3 Å². The van der Waals surface area contributed by atoms with Crippen molar-refractivity contribution in [2.24, 2.45) is 7.05 Å². The van der Waals surface area contributed by atoms with Crippen molar-refractivity contribution < 1.29 is 9.63 Å². The van der Waals surface area contributed by atoms with Crippen LogP contribution in [0.15, 0.2) is 14.1 Å². The summed E-state index contributed by atoms with van der Waals surface area (Å²) in [4.78, 5) is 39.5. The molecule has 8 heteroatoms. The van der Waals surface area contributed by atoms with E-state index in [0.717, 1.165) is 9.30 Å². The maximum atomic E-state index is 11.9. The summed E-state index contributed by atoms with van der Waals surface area (Å²) in [5.74, 6) is 0.0833. The van der Waals surface area contributed by atoms with E-state index in [1.807, 2.05) is 6.26 Å². The number of hydrogen-bond acceptors (Lipinski definition) is 5.